The maximum atomic E-state index is 13.1. The van der Waals surface area contributed by atoms with Gasteiger partial charge in [0.25, 0.3) is 10.0 Å². The van der Waals surface area contributed by atoms with Gasteiger partial charge < -0.3 is 19.9 Å². The summed E-state index contributed by atoms with van der Waals surface area (Å²) < 4.78 is 33.4. The van der Waals surface area contributed by atoms with E-state index in [1.165, 1.54) is 22.6 Å². The highest BCUT2D eigenvalue weighted by Gasteiger charge is 2.30. The third-order valence-corrected chi connectivity index (χ3v) is 8.90. The average Bonchev–Trinajstić information content (AvgIpc) is 3.28. The second-order valence-corrected chi connectivity index (χ2v) is 11.1. The Morgan fingerprint density at radius 1 is 1.06 bits per heavy atom. The number of ether oxygens (including phenoxy) is 1. The monoisotopic (exact) mass is 480 g/mol. The van der Waals surface area contributed by atoms with E-state index in [1.807, 2.05) is 13.0 Å². The van der Waals surface area contributed by atoms with Crippen LogP contribution in [0.5, 0.6) is 0 Å². The lowest BCUT2D eigenvalue weighted by Crippen LogP contribution is -2.49. The van der Waals surface area contributed by atoms with Gasteiger partial charge in [0.05, 0.1) is 19.8 Å². The normalized spacial score (nSPS) is 18.1. The molecule has 0 atom stereocenters. The average molecular weight is 481 g/mol. The van der Waals surface area contributed by atoms with Gasteiger partial charge in [0.1, 0.15) is 21.7 Å². The van der Waals surface area contributed by atoms with Crippen LogP contribution < -0.4 is 15.1 Å². The second kappa shape index (κ2) is 9.69. The predicted molar refractivity (Wildman–Crippen MR) is 123 cm³/mol. The van der Waals surface area contributed by atoms with E-state index in [1.54, 1.807) is 12.1 Å². The topological polar surface area (TPSA) is 108 Å². The molecule has 2 aliphatic rings. The Kier molecular flexibility index (Phi) is 6.93. The van der Waals surface area contributed by atoms with E-state index in [2.05, 4.69) is 25.1 Å². The number of piperazine rings is 1. The highest BCUT2D eigenvalue weighted by Crippen LogP contribution is 2.27. The molecule has 10 nitrogen and oxygen atoms in total. The number of thiophene rings is 1. The zero-order valence-electron chi connectivity index (χ0n) is 18.3. The zero-order chi connectivity index (χ0) is 22.7. The Labute approximate surface area is 192 Å². The van der Waals surface area contributed by atoms with E-state index in [4.69, 9.17) is 4.74 Å². The van der Waals surface area contributed by atoms with Crippen molar-refractivity contribution in [2.24, 2.45) is 0 Å². The lowest BCUT2D eigenvalue weighted by atomic mass is 10.3. The van der Waals surface area contributed by atoms with E-state index in [-0.39, 0.29) is 5.91 Å². The van der Waals surface area contributed by atoms with Crippen molar-refractivity contribution < 1.29 is 17.9 Å². The van der Waals surface area contributed by atoms with Crippen LogP contribution in [-0.2, 0) is 26.1 Å². The minimum atomic E-state index is -3.56. The summed E-state index contributed by atoms with van der Waals surface area (Å²) in [6.07, 6.45) is 0. The van der Waals surface area contributed by atoms with Crippen molar-refractivity contribution in [2.75, 3.05) is 62.3 Å². The Morgan fingerprint density at radius 3 is 2.31 bits per heavy atom. The number of sulfonamides is 1. The Hall–Kier alpha value is -2.28. The van der Waals surface area contributed by atoms with Crippen molar-refractivity contribution in [2.45, 2.75) is 24.6 Å². The lowest BCUT2D eigenvalue weighted by molar-refractivity contribution is -0.119. The number of hydrogen-bond acceptors (Lipinski definition) is 9. The van der Waals surface area contributed by atoms with Crippen LogP contribution in [0.3, 0.4) is 0 Å². The number of amides is 1. The molecule has 2 fully saturated rings. The molecule has 0 aromatic carbocycles. The minimum absolute atomic E-state index is 0.143. The summed E-state index contributed by atoms with van der Waals surface area (Å²) in [6, 6.07) is 5.35. The number of rotatable bonds is 6. The van der Waals surface area contributed by atoms with Crippen molar-refractivity contribution in [3.63, 3.8) is 0 Å². The number of nitrogens with zero attached hydrogens (tertiary/aromatic N) is 5. The van der Waals surface area contributed by atoms with E-state index in [0.717, 1.165) is 29.6 Å². The van der Waals surface area contributed by atoms with Crippen LogP contribution in [0.15, 0.2) is 22.4 Å². The summed E-state index contributed by atoms with van der Waals surface area (Å²) in [4.78, 5) is 25.4. The number of anilines is 2. The summed E-state index contributed by atoms with van der Waals surface area (Å²) >= 11 is 1.20. The van der Waals surface area contributed by atoms with E-state index in [0.29, 0.717) is 56.0 Å². The zero-order valence-corrected chi connectivity index (χ0v) is 19.9. The largest absolute Gasteiger partial charge is 0.378 e. The van der Waals surface area contributed by atoms with E-state index >= 15 is 0 Å². The molecule has 0 aliphatic carbocycles. The van der Waals surface area contributed by atoms with Gasteiger partial charge in [0, 0.05) is 57.1 Å². The molecule has 0 saturated carbocycles. The number of aryl methyl sites for hydroxylation is 1. The van der Waals surface area contributed by atoms with Gasteiger partial charge in [-0.25, -0.2) is 18.4 Å². The van der Waals surface area contributed by atoms with Gasteiger partial charge in [-0.1, -0.05) is 0 Å². The molecular formula is C20H28N6O4S2. The van der Waals surface area contributed by atoms with Crippen LogP contribution >= 0.6 is 11.3 Å². The number of nitrogens with one attached hydrogen (secondary N) is 1. The Morgan fingerprint density at radius 2 is 1.69 bits per heavy atom. The van der Waals surface area contributed by atoms with Crippen LogP contribution in [0.1, 0.15) is 17.6 Å². The molecule has 0 radical (unpaired) electrons. The molecule has 4 rings (SSSR count). The van der Waals surface area contributed by atoms with Gasteiger partial charge in [0.2, 0.25) is 5.91 Å². The molecule has 32 heavy (non-hydrogen) atoms. The lowest BCUT2D eigenvalue weighted by Gasteiger charge is -2.35. The third kappa shape index (κ3) is 5.20. The second-order valence-electron chi connectivity index (χ2n) is 7.75. The molecule has 1 amide bonds. The molecule has 0 bridgehead atoms. The van der Waals surface area contributed by atoms with Crippen LogP contribution in [0.2, 0.25) is 0 Å². The molecule has 0 unspecified atom stereocenters. The van der Waals surface area contributed by atoms with E-state index < -0.39 is 10.0 Å². The number of carbonyl (C=O) groups excluding carboxylic acids is 1. The SMILES string of the molecule is CC(=O)NCc1ccc(S(=O)(=O)N2CCN(c3cc(N4CCOCC4)nc(C)n3)CC2)s1. The smallest absolute Gasteiger partial charge is 0.252 e. The first kappa shape index (κ1) is 22.9. The van der Waals surface area contributed by atoms with Crippen LogP contribution in [0, 0.1) is 6.92 Å². The number of carbonyl (C=O) groups is 1. The summed E-state index contributed by atoms with van der Waals surface area (Å²) in [5, 5.41) is 2.70. The predicted octanol–water partition coefficient (Wildman–Crippen LogP) is 0.830. The first-order valence-electron chi connectivity index (χ1n) is 10.6. The van der Waals surface area contributed by atoms with Crippen molar-refractivity contribution in [3.05, 3.63) is 28.9 Å². The van der Waals surface area contributed by atoms with Crippen molar-refractivity contribution in [1.82, 2.24) is 19.6 Å². The first-order chi connectivity index (χ1) is 15.3. The molecular weight excluding hydrogens is 452 g/mol. The summed E-state index contributed by atoms with van der Waals surface area (Å²) in [5.41, 5.74) is 0. The summed E-state index contributed by atoms with van der Waals surface area (Å²) in [5.74, 6) is 2.26. The molecule has 1 N–H and O–H groups in total. The fourth-order valence-corrected chi connectivity index (χ4v) is 6.61. The molecule has 174 valence electrons. The van der Waals surface area contributed by atoms with Gasteiger partial charge in [0.15, 0.2) is 0 Å². The van der Waals surface area contributed by atoms with Crippen LogP contribution in [0.4, 0.5) is 11.6 Å². The maximum Gasteiger partial charge on any atom is 0.252 e. The van der Waals surface area contributed by atoms with E-state index in [9.17, 15) is 13.2 Å². The minimum Gasteiger partial charge on any atom is -0.378 e. The van der Waals surface area contributed by atoms with Crippen LogP contribution in [0.25, 0.3) is 0 Å². The highest BCUT2D eigenvalue weighted by atomic mass is 32.2. The number of hydrogen-bond donors (Lipinski definition) is 1. The summed E-state index contributed by atoms with van der Waals surface area (Å²) in [7, 11) is -3.56. The highest BCUT2D eigenvalue weighted by molar-refractivity contribution is 7.91. The molecule has 12 heteroatoms. The van der Waals surface area contributed by atoms with Crippen LogP contribution in [-0.4, -0.2) is 81.1 Å². The third-order valence-electron chi connectivity index (χ3n) is 5.45. The maximum absolute atomic E-state index is 13.1. The first-order valence-corrected chi connectivity index (χ1v) is 12.9. The number of morpholine rings is 1. The standard InChI is InChI=1S/C20H28N6O4S2/c1-15-22-18(13-19(23-15)25-9-11-30-12-10-25)24-5-7-26(8-6-24)32(28,29)20-4-3-17(31-20)14-21-16(2)27/h3-4,13H,5-12,14H2,1-2H3,(H,21,27). The fourth-order valence-electron chi connectivity index (χ4n) is 3.74. The quantitative estimate of drug-likeness (QED) is 0.648. The van der Waals surface area contributed by atoms with Gasteiger partial charge in [-0.2, -0.15) is 4.31 Å². The Balaban J connectivity index is 1.41. The van der Waals surface area contributed by atoms with Crippen molar-refractivity contribution in [1.29, 1.82) is 0 Å². The molecule has 4 heterocycles. The molecule has 2 aliphatic heterocycles. The summed E-state index contributed by atoms with van der Waals surface area (Å²) in [6.45, 7) is 8.51. The fraction of sp³-hybridized carbons (Fsp3) is 0.550. The van der Waals surface area contributed by atoms with Gasteiger partial charge in [-0.05, 0) is 19.1 Å². The number of aromatic nitrogens is 2. The Bertz CT molecular complexity index is 1060. The molecule has 2 aromatic rings. The molecule has 2 saturated heterocycles. The van der Waals surface area contributed by atoms with Gasteiger partial charge in [-0.15, -0.1) is 11.3 Å². The van der Waals surface area contributed by atoms with Gasteiger partial charge >= 0.3 is 0 Å². The van der Waals surface area contributed by atoms with Gasteiger partial charge in [-0.3, -0.25) is 4.79 Å². The molecule has 0 spiro atoms. The molecule has 2 aromatic heterocycles. The van der Waals surface area contributed by atoms with Crippen molar-refractivity contribution >= 4 is 38.9 Å². The van der Waals surface area contributed by atoms with Crippen molar-refractivity contribution in [3.8, 4) is 0 Å².